The van der Waals surface area contributed by atoms with Gasteiger partial charge in [0.25, 0.3) is 0 Å². The van der Waals surface area contributed by atoms with Gasteiger partial charge in [-0.3, -0.25) is 9.59 Å². The zero-order valence-corrected chi connectivity index (χ0v) is 15.8. The molecule has 1 atom stereocenters. The molecular formula is C19H18N2O3S2. The first kappa shape index (κ1) is 18.3. The van der Waals surface area contributed by atoms with Crippen LogP contribution in [0.1, 0.15) is 23.7 Å². The van der Waals surface area contributed by atoms with Crippen molar-refractivity contribution in [3.63, 3.8) is 0 Å². The Morgan fingerprint density at radius 1 is 1.15 bits per heavy atom. The summed E-state index contributed by atoms with van der Waals surface area (Å²) < 4.78 is 4.75. The Morgan fingerprint density at radius 2 is 1.96 bits per heavy atom. The third kappa shape index (κ3) is 4.77. The van der Waals surface area contributed by atoms with E-state index in [1.165, 1.54) is 18.4 Å². The molecule has 26 heavy (non-hydrogen) atoms. The van der Waals surface area contributed by atoms with E-state index in [4.69, 9.17) is 4.74 Å². The Bertz CT molecular complexity index is 860. The lowest BCUT2D eigenvalue weighted by atomic mass is 10.0. The van der Waals surface area contributed by atoms with E-state index in [1.54, 1.807) is 11.3 Å². The van der Waals surface area contributed by atoms with Gasteiger partial charge in [0, 0.05) is 5.38 Å². The van der Waals surface area contributed by atoms with Crippen molar-refractivity contribution in [2.45, 2.75) is 18.9 Å². The van der Waals surface area contributed by atoms with E-state index in [0.29, 0.717) is 0 Å². The van der Waals surface area contributed by atoms with Gasteiger partial charge in [0.1, 0.15) is 5.01 Å². The van der Waals surface area contributed by atoms with Crippen LogP contribution in [0.4, 0.5) is 0 Å². The van der Waals surface area contributed by atoms with Crippen LogP contribution >= 0.6 is 22.7 Å². The number of thiophene rings is 1. The molecular weight excluding hydrogens is 368 g/mol. The molecule has 2 aromatic heterocycles. The molecule has 7 heteroatoms. The third-order valence-corrected chi connectivity index (χ3v) is 5.69. The normalized spacial score (nSPS) is 11.7. The van der Waals surface area contributed by atoms with E-state index in [2.05, 4.69) is 10.3 Å². The Balaban J connectivity index is 1.67. The Labute approximate surface area is 159 Å². The van der Waals surface area contributed by atoms with Crippen LogP contribution in [0.2, 0.25) is 0 Å². The molecule has 1 aromatic carbocycles. The van der Waals surface area contributed by atoms with Crippen molar-refractivity contribution in [1.82, 2.24) is 10.3 Å². The lowest BCUT2D eigenvalue weighted by Crippen LogP contribution is -2.31. The average Bonchev–Trinajstić information content (AvgIpc) is 3.33. The average molecular weight is 386 g/mol. The number of ether oxygens (including phenoxy) is 1. The van der Waals surface area contributed by atoms with Crippen LogP contribution in [0.3, 0.4) is 0 Å². The van der Waals surface area contributed by atoms with E-state index in [0.717, 1.165) is 21.1 Å². The number of thiazole rings is 1. The number of methoxy groups -OCH3 is 1. The second kappa shape index (κ2) is 8.73. The van der Waals surface area contributed by atoms with Gasteiger partial charge < -0.3 is 10.1 Å². The van der Waals surface area contributed by atoms with Gasteiger partial charge in [-0.2, -0.15) is 0 Å². The monoisotopic (exact) mass is 386 g/mol. The van der Waals surface area contributed by atoms with Gasteiger partial charge >= 0.3 is 5.97 Å². The summed E-state index contributed by atoms with van der Waals surface area (Å²) in [6.45, 7) is 0. The molecule has 0 bridgehead atoms. The van der Waals surface area contributed by atoms with Crippen molar-refractivity contribution in [3.05, 3.63) is 64.5 Å². The number of benzene rings is 1. The maximum Gasteiger partial charge on any atom is 0.307 e. The maximum absolute atomic E-state index is 12.5. The van der Waals surface area contributed by atoms with Crippen molar-refractivity contribution < 1.29 is 14.3 Å². The van der Waals surface area contributed by atoms with Gasteiger partial charge in [0.2, 0.25) is 5.91 Å². The standard InChI is InChI=1S/C19H18N2O3S2/c1-24-18(23)11-15(13-6-3-2-4-7-13)21-17(22)10-14-12-26-19(20-14)16-8-5-9-25-16/h2-9,12,15H,10-11H2,1H3,(H,21,22). The molecule has 0 aliphatic heterocycles. The second-order valence-corrected chi connectivity index (χ2v) is 7.41. The minimum absolute atomic E-state index is 0.0871. The molecule has 134 valence electrons. The van der Waals surface area contributed by atoms with E-state index < -0.39 is 6.04 Å². The van der Waals surface area contributed by atoms with Crippen LogP contribution in [0.5, 0.6) is 0 Å². The lowest BCUT2D eigenvalue weighted by molar-refractivity contribution is -0.141. The first-order valence-electron chi connectivity index (χ1n) is 8.05. The number of hydrogen-bond acceptors (Lipinski definition) is 6. The zero-order chi connectivity index (χ0) is 18.4. The van der Waals surface area contributed by atoms with E-state index >= 15 is 0 Å². The van der Waals surface area contributed by atoms with Crippen molar-refractivity contribution in [3.8, 4) is 9.88 Å². The molecule has 1 N–H and O–H groups in total. The molecule has 0 radical (unpaired) electrons. The number of carbonyl (C=O) groups is 2. The summed E-state index contributed by atoms with van der Waals surface area (Å²) in [6.07, 6.45) is 0.260. The SMILES string of the molecule is COC(=O)CC(NC(=O)Cc1csc(-c2cccs2)n1)c1ccccc1. The summed E-state index contributed by atoms with van der Waals surface area (Å²) in [5, 5.41) is 7.73. The fourth-order valence-electron chi connectivity index (χ4n) is 2.50. The molecule has 0 spiro atoms. The quantitative estimate of drug-likeness (QED) is 0.627. The fourth-order valence-corrected chi connectivity index (χ4v) is 4.13. The van der Waals surface area contributed by atoms with Crippen LogP contribution in [0, 0.1) is 0 Å². The topological polar surface area (TPSA) is 68.3 Å². The molecule has 0 aliphatic rings. The third-order valence-electron chi connectivity index (χ3n) is 3.76. The molecule has 2 heterocycles. The molecule has 0 fully saturated rings. The molecule has 1 amide bonds. The molecule has 3 aromatic rings. The smallest absolute Gasteiger partial charge is 0.307 e. The van der Waals surface area contributed by atoms with Crippen LogP contribution in [0.15, 0.2) is 53.2 Å². The molecule has 0 saturated heterocycles. The van der Waals surface area contributed by atoms with Crippen LogP contribution in [0.25, 0.3) is 9.88 Å². The second-order valence-electron chi connectivity index (χ2n) is 5.61. The number of nitrogens with zero attached hydrogens (tertiary/aromatic N) is 1. The zero-order valence-electron chi connectivity index (χ0n) is 14.2. The predicted octanol–water partition coefficient (Wildman–Crippen LogP) is 3.83. The Hall–Kier alpha value is -2.51. The largest absolute Gasteiger partial charge is 0.469 e. The van der Waals surface area contributed by atoms with Crippen LogP contribution < -0.4 is 5.32 Å². The molecule has 0 aliphatic carbocycles. The highest BCUT2D eigenvalue weighted by atomic mass is 32.1. The fraction of sp³-hybridized carbons (Fsp3) is 0.211. The van der Waals surface area contributed by atoms with E-state index in [-0.39, 0.29) is 24.7 Å². The molecule has 1 unspecified atom stereocenters. The summed E-state index contributed by atoms with van der Waals surface area (Å²) in [5.74, 6) is -0.543. The summed E-state index contributed by atoms with van der Waals surface area (Å²) in [7, 11) is 1.34. The first-order valence-corrected chi connectivity index (χ1v) is 9.81. The van der Waals surface area contributed by atoms with Gasteiger partial charge in [0.05, 0.1) is 36.6 Å². The summed E-state index contributed by atoms with van der Waals surface area (Å²) in [4.78, 5) is 29.8. The van der Waals surface area contributed by atoms with Gasteiger partial charge in [-0.25, -0.2) is 4.98 Å². The minimum atomic E-state index is -0.424. The first-order chi connectivity index (χ1) is 12.7. The lowest BCUT2D eigenvalue weighted by Gasteiger charge is -2.18. The number of esters is 1. The highest BCUT2D eigenvalue weighted by Gasteiger charge is 2.19. The number of nitrogens with one attached hydrogen (secondary N) is 1. The maximum atomic E-state index is 12.5. The van der Waals surface area contributed by atoms with Crippen molar-refractivity contribution in [2.24, 2.45) is 0 Å². The van der Waals surface area contributed by atoms with Gasteiger partial charge in [-0.1, -0.05) is 36.4 Å². The summed E-state index contributed by atoms with van der Waals surface area (Å²) in [5.41, 5.74) is 1.59. The number of hydrogen-bond donors (Lipinski definition) is 1. The van der Waals surface area contributed by atoms with Crippen molar-refractivity contribution >= 4 is 34.6 Å². The number of carbonyl (C=O) groups excluding carboxylic acids is 2. The molecule has 0 saturated carbocycles. The Morgan fingerprint density at radius 3 is 2.65 bits per heavy atom. The summed E-state index contributed by atoms with van der Waals surface area (Å²) >= 11 is 3.15. The number of aromatic nitrogens is 1. The van der Waals surface area contributed by atoms with Crippen LogP contribution in [-0.4, -0.2) is 24.0 Å². The van der Waals surface area contributed by atoms with Gasteiger partial charge in [-0.05, 0) is 17.0 Å². The highest BCUT2D eigenvalue weighted by molar-refractivity contribution is 7.20. The summed E-state index contributed by atoms with van der Waals surface area (Å²) in [6, 6.07) is 13.0. The van der Waals surface area contributed by atoms with Gasteiger partial charge in [-0.15, -0.1) is 22.7 Å². The molecule has 3 rings (SSSR count). The van der Waals surface area contributed by atoms with Crippen molar-refractivity contribution in [1.29, 1.82) is 0 Å². The van der Waals surface area contributed by atoms with E-state index in [9.17, 15) is 9.59 Å². The minimum Gasteiger partial charge on any atom is -0.469 e. The van der Waals surface area contributed by atoms with E-state index in [1.807, 2.05) is 53.2 Å². The molecule has 5 nitrogen and oxygen atoms in total. The van der Waals surface area contributed by atoms with Gasteiger partial charge in [0.15, 0.2) is 0 Å². The Kier molecular flexibility index (Phi) is 6.14. The highest BCUT2D eigenvalue weighted by Crippen LogP contribution is 2.28. The van der Waals surface area contributed by atoms with Crippen LogP contribution in [-0.2, 0) is 20.7 Å². The number of rotatable bonds is 7. The number of amides is 1. The van der Waals surface area contributed by atoms with Crippen molar-refractivity contribution in [2.75, 3.05) is 7.11 Å². The predicted molar refractivity (Wildman–Crippen MR) is 103 cm³/mol.